The van der Waals surface area contributed by atoms with E-state index in [2.05, 4.69) is 17.2 Å². The van der Waals surface area contributed by atoms with Crippen LogP contribution in [0.15, 0.2) is 0 Å². The Bertz CT molecular complexity index is 219. The van der Waals surface area contributed by atoms with Gasteiger partial charge in [0, 0.05) is 12.8 Å². The van der Waals surface area contributed by atoms with Crippen LogP contribution in [0.2, 0.25) is 0 Å². The molecule has 1 amide bonds. The number of terminal acetylenes is 2. The maximum atomic E-state index is 11.0. The Kier molecular flexibility index (Phi) is 5.57. The van der Waals surface area contributed by atoms with Crippen LogP contribution in [0.4, 0.5) is 0 Å². The van der Waals surface area contributed by atoms with Crippen LogP contribution in [0.25, 0.3) is 0 Å². The predicted octanol–water partition coefficient (Wildman–Crippen LogP) is 0.928. The SMILES string of the molecule is C#CCCC(=O)NC(C#C)CC. The summed E-state index contributed by atoms with van der Waals surface area (Å²) in [5, 5.41) is 2.68. The third-order valence-corrected chi connectivity index (χ3v) is 1.44. The molecule has 1 atom stereocenters. The van der Waals surface area contributed by atoms with Crippen LogP contribution in [0, 0.1) is 24.7 Å². The molecule has 2 nitrogen and oxygen atoms in total. The molecule has 0 saturated carbocycles. The Morgan fingerprint density at radius 1 is 1.58 bits per heavy atom. The first-order valence-corrected chi connectivity index (χ1v) is 3.93. The molecule has 12 heavy (non-hydrogen) atoms. The molecule has 2 heteroatoms. The average Bonchev–Trinajstić information content (AvgIpc) is 2.10. The fourth-order valence-corrected chi connectivity index (χ4v) is 0.714. The molecule has 64 valence electrons. The van der Waals surface area contributed by atoms with E-state index in [1.807, 2.05) is 6.92 Å². The van der Waals surface area contributed by atoms with Crippen LogP contribution in [-0.2, 0) is 4.79 Å². The highest BCUT2D eigenvalue weighted by Gasteiger charge is 2.05. The van der Waals surface area contributed by atoms with Crippen molar-refractivity contribution in [1.82, 2.24) is 5.32 Å². The van der Waals surface area contributed by atoms with E-state index in [9.17, 15) is 4.79 Å². The zero-order valence-corrected chi connectivity index (χ0v) is 7.26. The zero-order valence-electron chi connectivity index (χ0n) is 7.26. The van der Waals surface area contributed by atoms with Crippen molar-refractivity contribution in [2.24, 2.45) is 0 Å². The Balaban J connectivity index is 3.70. The molecule has 0 aliphatic rings. The lowest BCUT2D eigenvalue weighted by atomic mass is 10.2. The van der Waals surface area contributed by atoms with Gasteiger partial charge in [0.05, 0.1) is 6.04 Å². The maximum Gasteiger partial charge on any atom is 0.221 e. The van der Waals surface area contributed by atoms with Gasteiger partial charge in [0.15, 0.2) is 0 Å². The minimum absolute atomic E-state index is 0.0715. The van der Waals surface area contributed by atoms with E-state index in [4.69, 9.17) is 12.8 Å². The summed E-state index contributed by atoms with van der Waals surface area (Å²) in [6.45, 7) is 1.92. The van der Waals surface area contributed by atoms with Crippen LogP contribution in [0.5, 0.6) is 0 Å². The van der Waals surface area contributed by atoms with E-state index in [-0.39, 0.29) is 11.9 Å². The Morgan fingerprint density at radius 3 is 2.67 bits per heavy atom. The number of nitrogens with one attached hydrogen (secondary N) is 1. The van der Waals surface area contributed by atoms with Gasteiger partial charge in [-0.15, -0.1) is 18.8 Å². The van der Waals surface area contributed by atoms with Crippen LogP contribution < -0.4 is 5.32 Å². The Labute approximate surface area is 73.7 Å². The number of amides is 1. The van der Waals surface area contributed by atoms with Crippen molar-refractivity contribution >= 4 is 5.91 Å². The van der Waals surface area contributed by atoms with Crippen molar-refractivity contribution in [3.05, 3.63) is 0 Å². The van der Waals surface area contributed by atoms with Gasteiger partial charge in [0.1, 0.15) is 0 Å². The van der Waals surface area contributed by atoms with Gasteiger partial charge in [-0.1, -0.05) is 12.8 Å². The maximum absolute atomic E-state index is 11.0. The molecule has 0 aromatic rings. The van der Waals surface area contributed by atoms with Crippen LogP contribution in [0.1, 0.15) is 26.2 Å². The largest absolute Gasteiger partial charge is 0.342 e. The second kappa shape index (κ2) is 6.31. The smallest absolute Gasteiger partial charge is 0.221 e. The highest BCUT2D eigenvalue weighted by Crippen LogP contribution is 1.91. The lowest BCUT2D eigenvalue weighted by Crippen LogP contribution is -2.32. The monoisotopic (exact) mass is 163 g/mol. The molecule has 0 aromatic heterocycles. The van der Waals surface area contributed by atoms with E-state index in [0.29, 0.717) is 12.8 Å². The summed E-state index contributed by atoms with van der Waals surface area (Å²) in [4.78, 5) is 11.0. The average molecular weight is 163 g/mol. The number of hydrogen-bond donors (Lipinski definition) is 1. The van der Waals surface area contributed by atoms with Crippen LogP contribution in [0.3, 0.4) is 0 Å². The molecule has 0 bridgehead atoms. The quantitative estimate of drug-likeness (QED) is 0.614. The summed E-state index contributed by atoms with van der Waals surface area (Å²) in [6, 6.07) is -0.157. The molecule has 0 radical (unpaired) electrons. The number of hydrogen-bond acceptors (Lipinski definition) is 1. The molecule has 1 unspecified atom stereocenters. The van der Waals surface area contributed by atoms with Gasteiger partial charge in [-0.2, -0.15) is 0 Å². The molecule has 0 aliphatic carbocycles. The van der Waals surface area contributed by atoms with Gasteiger partial charge < -0.3 is 5.32 Å². The van der Waals surface area contributed by atoms with Crippen LogP contribution >= 0.6 is 0 Å². The summed E-state index contributed by atoms with van der Waals surface area (Å²) >= 11 is 0. The summed E-state index contributed by atoms with van der Waals surface area (Å²) in [5.41, 5.74) is 0. The van der Waals surface area contributed by atoms with Crippen molar-refractivity contribution in [2.75, 3.05) is 0 Å². The van der Waals surface area contributed by atoms with Gasteiger partial charge in [0.25, 0.3) is 0 Å². The standard InChI is InChI=1S/C10H13NO/c1-4-7-8-10(12)11-9(5-2)6-3/h1-2,9H,6-8H2,3H3,(H,11,12). The second-order valence-corrected chi connectivity index (χ2v) is 2.40. The van der Waals surface area contributed by atoms with Crippen molar-refractivity contribution in [3.63, 3.8) is 0 Å². The number of carbonyl (C=O) groups is 1. The van der Waals surface area contributed by atoms with Crippen molar-refractivity contribution in [3.8, 4) is 24.7 Å². The predicted molar refractivity (Wildman–Crippen MR) is 49.1 cm³/mol. The lowest BCUT2D eigenvalue weighted by molar-refractivity contribution is -0.121. The molecule has 0 saturated heterocycles. The molecule has 0 aliphatic heterocycles. The van der Waals surface area contributed by atoms with Crippen LogP contribution in [-0.4, -0.2) is 11.9 Å². The van der Waals surface area contributed by atoms with Gasteiger partial charge in [-0.3, -0.25) is 4.79 Å². The van der Waals surface area contributed by atoms with E-state index in [1.165, 1.54) is 0 Å². The highest BCUT2D eigenvalue weighted by molar-refractivity contribution is 5.76. The van der Waals surface area contributed by atoms with E-state index in [1.54, 1.807) is 0 Å². The summed E-state index contributed by atoms with van der Waals surface area (Å²) in [7, 11) is 0. The number of rotatable bonds is 4. The minimum Gasteiger partial charge on any atom is -0.342 e. The molecule has 0 aromatic carbocycles. The third kappa shape index (κ3) is 4.41. The lowest BCUT2D eigenvalue weighted by Gasteiger charge is -2.09. The molecule has 0 fully saturated rings. The minimum atomic E-state index is -0.157. The Morgan fingerprint density at radius 2 is 2.25 bits per heavy atom. The topological polar surface area (TPSA) is 29.1 Å². The van der Waals surface area contributed by atoms with Crippen molar-refractivity contribution in [2.45, 2.75) is 32.2 Å². The molecule has 0 spiro atoms. The third-order valence-electron chi connectivity index (χ3n) is 1.44. The van der Waals surface area contributed by atoms with Gasteiger partial charge in [-0.05, 0) is 6.42 Å². The molecular weight excluding hydrogens is 150 g/mol. The number of carbonyl (C=O) groups excluding carboxylic acids is 1. The fourth-order valence-electron chi connectivity index (χ4n) is 0.714. The molecule has 0 heterocycles. The van der Waals surface area contributed by atoms with Gasteiger partial charge in [0.2, 0.25) is 5.91 Å². The molecule has 0 rings (SSSR count). The van der Waals surface area contributed by atoms with E-state index < -0.39 is 0 Å². The molecular formula is C10H13NO. The second-order valence-electron chi connectivity index (χ2n) is 2.40. The van der Waals surface area contributed by atoms with Gasteiger partial charge in [-0.25, -0.2) is 0 Å². The summed E-state index contributed by atoms with van der Waals surface area (Å²) in [6.07, 6.45) is 11.7. The fraction of sp³-hybridized carbons (Fsp3) is 0.500. The first kappa shape index (κ1) is 10.6. The van der Waals surface area contributed by atoms with Gasteiger partial charge >= 0.3 is 0 Å². The van der Waals surface area contributed by atoms with Crippen molar-refractivity contribution < 1.29 is 4.79 Å². The summed E-state index contributed by atoms with van der Waals surface area (Å²) in [5.74, 6) is 4.80. The highest BCUT2D eigenvalue weighted by atomic mass is 16.1. The molecule has 1 N–H and O–H groups in total. The van der Waals surface area contributed by atoms with E-state index in [0.717, 1.165) is 6.42 Å². The zero-order chi connectivity index (χ0) is 9.40. The van der Waals surface area contributed by atoms with E-state index >= 15 is 0 Å². The normalized spacial score (nSPS) is 10.9. The first-order valence-electron chi connectivity index (χ1n) is 3.93. The first-order chi connectivity index (χ1) is 5.74. The summed E-state index contributed by atoms with van der Waals surface area (Å²) < 4.78 is 0. The Hall–Kier alpha value is -1.41. The van der Waals surface area contributed by atoms with Crippen molar-refractivity contribution in [1.29, 1.82) is 0 Å².